The van der Waals surface area contributed by atoms with Crippen LogP contribution in [0.5, 0.6) is 0 Å². The van der Waals surface area contributed by atoms with Crippen LogP contribution in [0.15, 0.2) is 18.5 Å². The Labute approximate surface area is 108 Å². The highest BCUT2D eigenvalue weighted by Crippen LogP contribution is 2.44. The van der Waals surface area contributed by atoms with Crippen molar-refractivity contribution in [1.29, 1.82) is 0 Å². The van der Waals surface area contributed by atoms with Crippen molar-refractivity contribution in [3.05, 3.63) is 29.6 Å². The number of hydrogen-bond acceptors (Lipinski definition) is 3. The van der Waals surface area contributed by atoms with E-state index >= 15 is 0 Å². The van der Waals surface area contributed by atoms with E-state index in [0.29, 0.717) is 12.8 Å². The topological polar surface area (TPSA) is 45.2 Å². The minimum atomic E-state index is -4.46. The van der Waals surface area contributed by atoms with E-state index in [2.05, 4.69) is 10.3 Å². The van der Waals surface area contributed by atoms with Gasteiger partial charge < -0.3 is 10.4 Å². The Hall–Kier alpha value is -1.14. The SMILES string of the molecule is OC1(c2cnccc2C(F)(F)F)CC2CCC(C1)N2. The van der Waals surface area contributed by atoms with Crippen LogP contribution in [0.4, 0.5) is 13.2 Å². The van der Waals surface area contributed by atoms with Gasteiger partial charge in [-0.05, 0) is 31.7 Å². The van der Waals surface area contributed by atoms with Crippen LogP contribution in [0.25, 0.3) is 0 Å². The molecule has 2 unspecified atom stereocenters. The second-order valence-corrected chi connectivity index (χ2v) is 5.50. The molecule has 0 amide bonds. The van der Waals surface area contributed by atoms with Gasteiger partial charge in [-0.15, -0.1) is 0 Å². The van der Waals surface area contributed by atoms with E-state index in [4.69, 9.17) is 0 Å². The van der Waals surface area contributed by atoms with Gasteiger partial charge in [0.15, 0.2) is 0 Å². The van der Waals surface area contributed by atoms with E-state index in [9.17, 15) is 18.3 Å². The van der Waals surface area contributed by atoms with Gasteiger partial charge in [-0.3, -0.25) is 4.98 Å². The van der Waals surface area contributed by atoms with Crippen molar-refractivity contribution in [2.24, 2.45) is 0 Å². The lowest BCUT2D eigenvalue weighted by molar-refractivity contribution is -0.141. The highest BCUT2D eigenvalue weighted by atomic mass is 19.4. The summed E-state index contributed by atoms with van der Waals surface area (Å²) in [5.74, 6) is 0. The van der Waals surface area contributed by atoms with Crippen LogP contribution >= 0.6 is 0 Å². The molecule has 2 bridgehead atoms. The van der Waals surface area contributed by atoms with E-state index in [1.165, 1.54) is 0 Å². The lowest BCUT2D eigenvalue weighted by Gasteiger charge is -2.38. The first-order valence-corrected chi connectivity index (χ1v) is 6.39. The van der Waals surface area contributed by atoms with Gasteiger partial charge in [0.1, 0.15) is 0 Å². The van der Waals surface area contributed by atoms with E-state index in [1.54, 1.807) is 0 Å². The molecule has 0 spiro atoms. The van der Waals surface area contributed by atoms with Crippen LogP contribution in [0.1, 0.15) is 36.8 Å². The maximum absolute atomic E-state index is 13.0. The number of hydrogen-bond donors (Lipinski definition) is 2. The van der Waals surface area contributed by atoms with Gasteiger partial charge >= 0.3 is 6.18 Å². The van der Waals surface area contributed by atoms with Crippen molar-refractivity contribution in [2.75, 3.05) is 0 Å². The molecule has 2 saturated heterocycles. The first-order valence-electron chi connectivity index (χ1n) is 6.39. The summed E-state index contributed by atoms with van der Waals surface area (Å²) in [4.78, 5) is 3.77. The molecule has 2 atom stereocenters. The summed E-state index contributed by atoms with van der Waals surface area (Å²) in [6, 6.07) is 1.15. The summed E-state index contributed by atoms with van der Waals surface area (Å²) in [6.45, 7) is 0. The van der Waals surface area contributed by atoms with Crippen LogP contribution in [-0.2, 0) is 11.8 Å². The van der Waals surface area contributed by atoms with Gasteiger partial charge in [-0.2, -0.15) is 13.2 Å². The maximum atomic E-state index is 13.0. The summed E-state index contributed by atoms with van der Waals surface area (Å²) < 4.78 is 39.1. The second-order valence-electron chi connectivity index (χ2n) is 5.50. The highest BCUT2D eigenvalue weighted by molar-refractivity contribution is 5.33. The number of pyridine rings is 1. The van der Waals surface area contributed by atoms with Crippen molar-refractivity contribution in [3.8, 4) is 0 Å². The maximum Gasteiger partial charge on any atom is 0.416 e. The summed E-state index contributed by atoms with van der Waals surface area (Å²) in [5, 5.41) is 14.0. The fraction of sp³-hybridized carbons (Fsp3) is 0.615. The Bertz CT molecular complexity index is 477. The van der Waals surface area contributed by atoms with Gasteiger partial charge in [0, 0.05) is 30.0 Å². The molecule has 2 N–H and O–H groups in total. The normalized spacial score (nSPS) is 34.5. The van der Waals surface area contributed by atoms with Gasteiger partial charge in [0.05, 0.1) is 11.2 Å². The number of rotatable bonds is 1. The number of alkyl halides is 3. The molecule has 19 heavy (non-hydrogen) atoms. The smallest absolute Gasteiger partial charge is 0.385 e. The lowest BCUT2D eigenvalue weighted by atomic mass is 9.80. The third kappa shape index (κ3) is 2.23. The van der Waals surface area contributed by atoms with Crippen molar-refractivity contribution in [2.45, 2.75) is 49.5 Å². The van der Waals surface area contributed by atoms with Crippen molar-refractivity contribution < 1.29 is 18.3 Å². The van der Waals surface area contributed by atoms with E-state index in [0.717, 1.165) is 31.3 Å². The summed E-state index contributed by atoms with van der Waals surface area (Å²) in [6.07, 6.45) is 0.274. The van der Waals surface area contributed by atoms with E-state index in [-0.39, 0.29) is 17.6 Å². The predicted molar refractivity (Wildman–Crippen MR) is 62.3 cm³/mol. The molecule has 3 nitrogen and oxygen atoms in total. The molecule has 2 fully saturated rings. The van der Waals surface area contributed by atoms with Crippen LogP contribution in [0.2, 0.25) is 0 Å². The number of aromatic nitrogens is 1. The standard InChI is InChI=1S/C13H15F3N2O/c14-13(15,16)10-3-4-17-7-11(10)12(19)5-8-1-2-9(6-12)18-8/h3-4,7-9,18-19H,1-2,5-6H2. The quantitative estimate of drug-likeness (QED) is 0.824. The Kier molecular flexibility index (Phi) is 2.83. The minimum Gasteiger partial charge on any atom is -0.385 e. The van der Waals surface area contributed by atoms with Crippen LogP contribution in [-0.4, -0.2) is 22.2 Å². The van der Waals surface area contributed by atoms with Crippen molar-refractivity contribution in [3.63, 3.8) is 0 Å². The highest BCUT2D eigenvalue weighted by Gasteiger charge is 2.47. The van der Waals surface area contributed by atoms with Crippen LogP contribution in [0.3, 0.4) is 0 Å². The first-order chi connectivity index (χ1) is 8.88. The molecule has 1 aromatic heterocycles. The lowest BCUT2D eigenvalue weighted by Crippen LogP contribution is -2.47. The average Bonchev–Trinajstić information content (AvgIpc) is 2.68. The molecule has 3 heterocycles. The molecular weight excluding hydrogens is 257 g/mol. The molecular formula is C13H15F3N2O. The molecule has 3 rings (SSSR count). The molecule has 1 aromatic rings. The molecule has 0 aromatic carbocycles. The Morgan fingerprint density at radius 2 is 1.89 bits per heavy atom. The second kappa shape index (κ2) is 4.18. The summed E-state index contributed by atoms with van der Waals surface area (Å²) in [7, 11) is 0. The predicted octanol–water partition coefficient (Wildman–Crippen LogP) is 2.20. The summed E-state index contributed by atoms with van der Waals surface area (Å²) >= 11 is 0. The number of halogens is 3. The minimum absolute atomic E-state index is 0.0825. The number of aliphatic hydroxyl groups is 1. The molecule has 0 saturated carbocycles. The van der Waals surface area contributed by atoms with E-state index in [1.807, 2.05) is 0 Å². The number of nitrogens with one attached hydrogen (secondary N) is 1. The van der Waals surface area contributed by atoms with Crippen LogP contribution < -0.4 is 5.32 Å². The monoisotopic (exact) mass is 272 g/mol. The zero-order valence-electron chi connectivity index (χ0n) is 10.2. The number of piperidine rings is 1. The molecule has 2 aliphatic heterocycles. The van der Waals surface area contributed by atoms with Crippen LogP contribution in [0, 0.1) is 0 Å². The van der Waals surface area contributed by atoms with Crippen molar-refractivity contribution in [1.82, 2.24) is 10.3 Å². The number of fused-ring (bicyclic) bond motifs is 2. The molecule has 104 valence electrons. The van der Waals surface area contributed by atoms with Gasteiger partial charge in [-0.1, -0.05) is 0 Å². The molecule has 0 radical (unpaired) electrons. The van der Waals surface area contributed by atoms with Gasteiger partial charge in [-0.25, -0.2) is 0 Å². The third-order valence-electron chi connectivity index (χ3n) is 4.13. The number of nitrogens with zero attached hydrogens (tertiary/aromatic N) is 1. The third-order valence-corrected chi connectivity index (χ3v) is 4.13. The Morgan fingerprint density at radius 1 is 1.26 bits per heavy atom. The first kappa shape index (κ1) is 12.9. The fourth-order valence-corrected chi connectivity index (χ4v) is 3.36. The largest absolute Gasteiger partial charge is 0.416 e. The zero-order chi connectivity index (χ0) is 13.7. The Balaban J connectivity index is 2.02. The van der Waals surface area contributed by atoms with Gasteiger partial charge in [0.2, 0.25) is 0 Å². The van der Waals surface area contributed by atoms with Crippen molar-refractivity contribution >= 4 is 0 Å². The van der Waals surface area contributed by atoms with Gasteiger partial charge in [0.25, 0.3) is 0 Å². The Morgan fingerprint density at radius 3 is 2.47 bits per heavy atom. The van der Waals surface area contributed by atoms with E-state index < -0.39 is 17.3 Å². The molecule has 0 aliphatic carbocycles. The summed E-state index contributed by atoms with van der Waals surface area (Å²) in [5.41, 5.74) is -2.27. The fourth-order valence-electron chi connectivity index (χ4n) is 3.36. The average molecular weight is 272 g/mol. The zero-order valence-corrected chi connectivity index (χ0v) is 10.2. The molecule has 6 heteroatoms. The molecule has 2 aliphatic rings.